The van der Waals surface area contributed by atoms with E-state index in [0.717, 1.165) is 11.5 Å². The molecular weight excluding hydrogens is 218 g/mol. The lowest BCUT2D eigenvalue weighted by molar-refractivity contribution is 0.189. The van der Waals surface area contributed by atoms with Crippen molar-refractivity contribution in [2.24, 2.45) is 0 Å². The van der Waals surface area contributed by atoms with Gasteiger partial charge in [-0.25, -0.2) is 0 Å². The van der Waals surface area contributed by atoms with E-state index in [2.05, 4.69) is 4.98 Å². The quantitative estimate of drug-likeness (QED) is 0.859. The molecule has 0 aliphatic carbocycles. The van der Waals surface area contributed by atoms with Gasteiger partial charge in [0, 0.05) is 6.20 Å². The van der Waals surface area contributed by atoms with Crippen molar-refractivity contribution >= 4 is 0 Å². The van der Waals surface area contributed by atoms with Gasteiger partial charge in [-0.05, 0) is 31.2 Å². The highest BCUT2D eigenvalue weighted by atomic mass is 16.5. The molecule has 2 rings (SSSR count). The van der Waals surface area contributed by atoms with Crippen LogP contribution in [0.3, 0.4) is 0 Å². The number of hydrogen-bond donors (Lipinski definition) is 1. The maximum atomic E-state index is 9.31. The molecule has 4 heteroatoms. The molecule has 2 heterocycles. The van der Waals surface area contributed by atoms with Crippen molar-refractivity contribution in [2.75, 3.05) is 13.2 Å². The Kier molecular flexibility index (Phi) is 3.77. The topological polar surface area (TPSA) is 55.5 Å². The van der Waals surface area contributed by atoms with E-state index in [1.807, 2.05) is 25.1 Å². The van der Waals surface area contributed by atoms with E-state index in [-0.39, 0.29) is 12.5 Å². The van der Waals surface area contributed by atoms with Crippen LogP contribution in [0, 0.1) is 6.92 Å². The summed E-state index contributed by atoms with van der Waals surface area (Å²) in [7, 11) is 0. The van der Waals surface area contributed by atoms with E-state index in [1.165, 1.54) is 0 Å². The highest BCUT2D eigenvalue weighted by molar-refractivity contribution is 5.16. The second-order valence-electron chi connectivity index (χ2n) is 3.83. The first-order chi connectivity index (χ1) is 8.29. The number of hydrogen-bond acceptors (Lipinski definition) is 4. The van der Waals surface area contributed by atoms with Gasteiger partial charge >= 0.3 is 0 Å². The van der Waals surface area contributed by atoms with E-state index in [1.54, 1.807) is 18.5 Å². The fourth-order valence-corrected chi connectivity index (χ4v) is 1.53. The minimum atomic E-state index is -0.149. The van der Waals surface area contributed by atoms with Crippen LogP contribution >= 0.6 is 0 Å². The summed E-state index contributed by atoms with van der Waals surface area (Å²) in [4.78, 5) is 3.95. The standard InChI is InChI=1S/C13H15NO3/c1-10-4-5-13(17-10)11(8-15)9-16-12-3-2-6-14-7-12/h2-7,11,15H,8-9H2,1H3. The first kappa shape index (κ1) is 11.7. The number of nitrogens with zero attached hydrogens (tertiary/aromatic N) is 1. The van der Waals surface area contributed by atoms with Gasteiger partial charge in [-0.1, -0.05) is 0 Å². The van der Waals surface area contributed by atoms with Gasteiger partial charge in [-0.15, -0.1) is 0 Å². The van der Waals surface area contributed by atoms with Crippen molar-refractivity contribution in [1.29, 1.82) is 0 Å². The van der Waals surface area contributed by atoms with E-state index in [0.29, 0.717) is 12.4 Å². The van der Waals surface area contributed by atoms with Crippen LogP contribution in [0.2, 0.25) is 0 Å². The normalized spacial score (nSPS) is 12.4. The van der Waals surface area contributed by atoms with Gasteiger partial charge in [0.15, 0.2) is 0 Å². The van der Waals surface area contributed by atoms with Crippen LogP contribution in [-0.2, 0) is 0 Å². The predicted molar refractivity (Wildman–Crippen MR) is 63.0 cm³/mol. The molecule has 0 spiro atoms. The fraction of sp³-hybridized carbons (Fsp3) is 0.308. The Morgan fingerprint density at radius 2 is 2.29 bits per heavy atom. The molecule has 0 aliphatic rings. The third-order valence-corrected chi connectivity index (χ3v) is 2.47. The minimum absolute atomic E-state index is 0.00673. The van der Waals surface area contributed by atoms with E-state index >= 15 is 0 Å². The van der Waals surface area contributed by atoms with Crippen LogP contribution in [0.15, 0.2) is 41.1 Å². The van der Waals surface area contributed by atoms with Gasteiger partial charge < -0.3 is 14.3 Å². The maximum absolute atomic E-state index is 9.31. The molecule has 90 valence electrons. The molecule has 17 heavy (non-hydrogen) atoms. The Morgan fingerprint density at radius 3 is 2.88 bits per heavy atom. The minimum Gasteiger partial charge on any atom is -0.491 e. The summed E-state index contributed by atoms with van der Waals surface area (Å²) in [6.45, 7) is 2.24. The van der Waals surface area contributed by atoms with Crippen molar-refractivity contribution in [1.82, 2.24) is 4.98 Å². The van der Waals surface area contributed by atoms with Crippen LogP contribution in [0.5, 0.6) is 5.75 Å². The second kappa shape index (κ2) is 5.50. The Balaban J connectivity index is 1.97. The summed E-state index contributed by atoms with van der Waals surface area (Å²) < 4.78 is 11.0. The lowest BCUT2D eigenvalue weighted by Gasteiger charge is -2.12. The molecule has 0 bridgehead atoms. The van der Waals surface area contributed by atoms with E-state index in [4.69, 9.17) is 9.15 Å². The number of aliphatic hydroxyl groups excluding tert-OH is 1. The van der Waals surface area contributed by atoms with Crippen LogP contribution < -0.4 is 4.74 Å². The third kappa shape index (κ3) is 3.07. The number of rotatable bonds is 5. The Bertz CT molecular complexity index is 453. The molecule has 0 saturated carbocycles. The summed E-state index contributed by atoms with van der Waals surface area (Å²) in [5, 5.41) is 9.31. The van der Waals surface area contributed by atoms with Crippen LogP contribution in [0.1, 0.15) is 17.4 Å². The second-order valence-corrected chi connectivity index (χ2v) is 3.83. The molecule has 4 nitrogen and oxygen atoms in total. The molecule has 0 fully saturated rings. The lowest BCUT2D eigenvalue weighted by Crippen LogP contribution is -2.13. The molecule has 1 N–H and O–H groups in total. The molecular formula is C13H15NO3. The van der Waals surface area contributed by atoms with Crippen molar-refractivity contribution in [3.05, 3.63) is 48.2 Å². The molecule has 1 unspecified atom stereocenters. The Hall–Kier alpha value is -1.81. The molecule has 0 amide bonds. The van der Waals surface area contributed by atoms with Crippen LogP contribution in [0.25, 0.3) is 0 Å². The zero-order chi connectivity index (χ0) is 12.1. The zero-order valence-electron chi connectivity index (χ0n) is 9.67. The average molecular weight is 233 g/mol. The molecule has 2 aromatic heterocycles. The van der Waals surface area contributed by atoms with Gasteiger partial charge in [0.25, 0.3) is 0 Å². The van der Waals surface area contributed by atoms with Crippen molar-refractivity contribution in [2.45, 2.75) is 12.8 Å². The summed E-state index contributed by atoms with van der Waals surface area (Å²) in [5.41, 5.74) is 0. The molecule has 0 aromatic carbocycles. The Labute approximate surface area is 99.9 Å². The highest BCUT2D eigenvalue weighted by Gasteiger charge is 2.15. The summed E-state index contributed by atoms with van der Waals surface area (Å²) in [6.07, 6.45) is 3.33. The zero-order valence-corrected chi connectivity index (χ0v) is 9.67. The average Bonchev–Trinajstić information content (AvgIpc) is 2.78. The number of aromatic nitrogens is 1. The van der Waals surface area contributed by atoms with Gasteiger partial charge in [-0.3, -0.25) is 4.98 Å². The van der Waals surface area contributed by atoms with Crippen molar-refractivity contribution in [3.63, 3.8) is 0 Å². The highest BCUT2D eigenvalue weighted by Crippen LogP contribution is 2.19. The van der Waals surface area contributed by atoms with Gasteiger partial charge in [0.2, 0.25) is 0 Å². The van der Waals surface area contributed by atoms with Crippen molar-refractivity contribution < 1.29 is 14.3 Å². The number of pyridine rings is 1. The van der Waals surface area contributed by atoms with E-state index in [9.17, 15) is 5.11 Å². The first-order valence-electron chi connectivity index (χ1n) is 5.49. The fourth-order valence-electron chi connectivity index (χ4n) is 1.53. The van der Waals surface area contributed by atoms with Gasteiger partial charge in [0.05, 0.1) is 18.7 Å². The molecule has 0 saturated heterocycles. The maximum Gasteiger partial charge on any atom is 0.137 e. The number of aliphatic hydroxyl groups is 1. The summed E-state index contributed by atoms with van der Waals surface area (Å²) in [5.74, 6) is 2.12. The summed E-state index contributed by atoms with van der Waals surface area (Å²) >= 11 is 0. The van der Waals surface area contributed by atoms with E-state index < -0.39 is 0 Å². The smallest absolute Gasteiger partial charge is 0.137 e. The molecule has 2 aromatic rings. The molecule has 1 atom stereocenters. The van der Waals surface area contributed by atoms with Gasteiger partial charge in [-0.2, -0.15) is 0 Å². The number of ether oxygens (including phenoxy) is 1. The molecule has 0 aliphatic heterocycles. The summed E-state index contributed by atoms with van der Waals surface area (Å²) in [6, 6.07) is 7.38. The predicted octanol–water partition coefficient (Wildman–Crippen LogP) is 2.14. The number of aryl methyl sites for hydroxylation is 1. The molecule has 0 radical (unpaired) electrons. The van der Waals surface area contributed by atoms with Crippen LogP contribution in [0.4, 0.5) is 0 Å². The third-order valence-electron chi connectivity index (χ3n) is 2.47. The van der Waals surface area contributed by atoms with Crippen LogP contribution in [-0.4, -0.2) is 23.3 Å². The number of furan rings is 1. The van der Waals surface area contributed by atoms with Gasteiger partial charge in [0.1, 0.15) is 23.9 Å². The monoisotopic (exact) mass is 233 g/mol. The lowest BCUT2D eigenvalue weighted by atomic mass is 10.1. The first-order valence-corrected chi connectivity index (χ1v) is 5.49. The SMILES string of the molecule is Cc1ccc(C(CO)COc2cccnc2)o1. The largest absolute Gasteiger partial charge is 0.491 e. The Morgan fingerprint density at radius 1 is 1.41 bits per heavy atom. The van der Waals surface area contributed by atoms with Crippen molar-refractivity contribution in [3.8, 4) is 5.75 Å².